The molecule has 3 atom stereocenters. The van der Waals surface area contributed by atoms with Crippen LogP contribution in [0.25, 0.3) is 11.1 Å². The standard InChI is InChI=1S/C48H36Cl2FN3O7/c49-39-18-5-30(19-40(39)50)26-59-38-16-12-33(13-17-38)45-27-60-43-22-35-21-42(54(25-36(35)23-44(43)61-45)47(56)34-10-14-37(51)15-11-34)46(55)53-41(48(57)58)20-28-1-6-31(7-2-28)32-8-3-29(24-52)4-9-32/h1-19,22-23,41-42,45H,20-21,25-27H2,(H,53,55)(H,57,58)/t41-,42-,45?/m0/s1. The quantitative estimate of drug-likeness (QED) is 0.132. The summed E-state index contributed by atoms with van der Waals surface area (Å²) in [6.45, 7) is 0.506. The number of carboxylic acids is 1. The number of hydrogen-bond donors (Lipinski definition) is 2. The SMILES string of the molecule is N#Cc1ccc(-c2ccc(C[C@H](NC(=O)[C@@H]3Cc4cc5c(cc4CN3C(=O)c3ccc(F)cc3)OC(c3ccc(OCc4ccc(Cl)c(Cl)c4)cc3)CO5)C(=O)O)cc2)cc1. The third kappa shape index (κ3) is 9.31. The summed E-state index contributed by atoms with van der Waals surface area (Å²) in [5.74, 6) is -1.35. The molecule has 306 valence electrons. The summed E-state index contributed by atoms with van der Waals surface area (Å²) in [6.07, 6.45) is -0.407. The van der Waals surface area contributed by atoms with Crippen molar-refractivity contribution in [3.63, 3.8) is 0 Å². The van der Waals surface area contributed by atoms with Gasteiger partial charge in [-0.25, -0.2) is 9.18 Å². The Labute approximate surface area is 360 Å². The Morgan fingerprint density at radius 3 is 2.18 bits per heavy atom. The zero-order valence-corrected chi connectivity index (χ0v) is 33.8. The van der Waals surface area contributed by atoms with Crippen molar-refractivity contribution < 1.29 is 38.1 Å². The lowest BCUT2D eigenvalue weighted by molar-refractivity contribution is -0.142. The Balaban J connectivity index is 0.983. The third-order valence-electron chi connectivity index (χ3n) is 10.7. The van der Waals surface area contributed by atoms with Crippen molar-refractivity contribution in [2.45, 2.75) is 44.2 Å². The zero-order valence-electron chi connectivity index (χ0n) is 32.3. The van der Waals surface area contributed by atoms with Crippen LogP contribution < -0.4 is 19.5 Å². The van der Waals surface area contributed by atoms with Gasteiger partial charge in [0, 0.05) is 24.9 Å². The van der Waals surface area contributed by atoms with Crippen molar-refractivity contribution in [1.29, 1.82) is 5.26 Å². The van der Waals surface area contributed by atoms with Crippen molar-refractivity contribution in [1.82, 2.24) is 10.2 Å². The lowest BCUT2D eigenvalue weighted by atomic mass is 9.91. The van der Waals surface area contributed by atoms with Gasteiger partial charge in [-0.05, 0) is 112 Å². The van der Waals surface area contributed by atoms with E-state index in [0.717, 1.165) is 27.8 Å². The molecule has 8 rings (SSSR count). The van der Waals surface area contributed by atoms with Crippen LogP contribution in [0.4, 0.5) is 4.39 Å². The van der Waals surface area contributed by atoms with Gasteiger partial charge in [-0.2, -0.15) is 5.26 Å². The number of fused-ring (bicyclic) bond motifs is 2. The maximum atomic E-state index is 14.1. The van der Waals surface area contributed by atoms with Gasteiger partial charge in [-0.3, -0.25) is 9.59 Å². The van der Waals surface area contributed by atoms with Crippen LogP contribution in [0, 0.1) is 17.1 Å². The smallest absolute Gasteiger partial charge is 0.326 e. The molecular formula is C48H36Cl2FN3O7. The monoisotopic (exact) mass is 855 g/mol. The molecule has 0 aromatic heterocycles. The average molecular weight is 857 g/mol. The summed E-state index contributed by atoms with van der Waals surface area (Å²) in [6, 6.07) is 35.5. The van der Waals surface area contributed by atoms with Crippen LogP contribution in [0.15, 0.2) is 127 Å². The molecule has 0 aliphatic carbocycles. The fourth-order valence-electron chi connectivity index (χ4n) is 7.37. The van der Waals surface area contributed by atoms with E-state index < -0.39 is 41.8 Å². The number of nitriles is 1. The maximum absolute atomic E-state index is 14.1. The van der Waals surface area contributed by atoms with E-state index in [4.69, 9.17) is 42.7 Å². The maximum Gasteiger partial charge on any atom is 0.326 e. The Kier molecular flexibility index (Phi) is 11.9. The molecule has 0 spiro atoms. The number of aliphatic carboxylic acids is 1. The predicted octanol–water partition coefficient (Wildman–Crippen LogP) is 9.14. The van der Waals surface area contributed by atoms with Crippen LogP contribution in [0.5, 0.6) is 17.2 Å². The molecule has 6 aromatic carbocycles. The minimum Gasteiger partial charge on any atom is -0.489 e. The Morgan fingerprint density at radius 2 is 1.51 bits per heavy atom. The molecular weight excluding hydrogens is 820 g/mol. The van der Waals surface area contributed by atoms with E-state index in [1.165, 1.54) is 29.2 Å². The highest BCUT2D eigenvalue weighted by atomic mass is 35.5. The molecule has 0 radical (unpaired) electrons. The third-order valence-corrected chi connectivity index (χ3v) is 11.4. The largest absolute Gasteiger partial charge is 0.489 e. The second kappa shape index (κ2) is 17.8. The van der Waals surface area contributed by atoms with Gasteiger partial charge >= 0.3 is 5.97 Å². The van der Waals surface area contributed by atoms with E-state index in [2.05, 4.69) is 11.4 Å². The molecule has 2 amide bonds. The molecule has 0 saturated heterocycles. The molecule has 2 aliphatic heterocycles. The summed E-state index contributed by atoms with van der Waals surface area (Å²) >= 11 is 12.2. The summed E-state index contributed by atoms with van der Waals surface area (Å²) in [4.78, 5) is 42.1. The minimum atomic E-state index is -1.31. The van der Waals surface area contributed by atoms with Crippen molar-refractivity contribution in [3.05, 3.63) is 182 Å². The number of nitrogens with zero attached hydrogens (tertiary/aromatic N) is 2. The van der Waals surface area contributed by atoms with Crippen LogP contribution in [-0.2, 0) is 35.6 Å². The summed E-state index contributed by atoms with van der Waals surface area (Å²) in [5, 5.41) is 22.9. The van der Waals surface area contributed by atoms with E-state index in [1.807, 2.05) is 54.6 Å². The highest BCUT2D eigenvalue weighted by Crippen LogP contribution is 2.41. The summed E-state index contributed by atoms with van der Waals surface area (Å²) in [7, 11) is 0. The van der Waals surface area contributed by atoms with Crippen LogP contribution >= 0.6 is 23.2 Å². The van der Waals surface area contributed by atoms with Gasteiger partial charge in [-0.1, -0.05) is 77.8 Å². The molecule has 0 saturated carbocycles. The first-order chi connectivity index (χ1) is 29.5. The lowest BCUT2D eigenvalue weighted by Crippen LogP contribution is -2.56. The predicted molar refractivity (Wildman–Crippen MR) is 226 cm³/mol. The average Bonchev–Trinajstić information content (AvgIpc) is 3.28. The highest BCUT2D eigenvalue weighted by Gasteiger charge is 2.38. The van der Waals surface area contributed by atoms with E-state index in [-0.39, 0.29) is 31.6 Å². The molecule has 2 aliphatic rings. The van der Waals surface area contributed by atoms with Gasteiger partial charge in [0.05, 0.1) is 21.7 Å². The highest BCUT2D eigenvalue weighted by molar-refractivity contribution is 6.42. The summed E-state index contributed by atoms with van der Waals surface area (Å²) < 4.78 is 32.4. The Hall–Kier alpha value is -6.87. The number of halogens is 3. The first kappa shape index (κ1) is 40.9. The van der Waals surface area contributed by atoms with Crippen LogP contribution in [-0.4, -0.2) is 46.5 Å². The Bertz CT molecular complexity index is 2650. The van der Waals surface area contributed by atoms with E-state index in [1.54, 1.807) is 48.5 Å². The molecule has 2 heterocycles. The fourth-order valence-corrected chi connectivity index (χ4v) is 7.69. The number of carboxylic acid groups (broad SMARTS) is 1. The van der Waals surface area contributed by atoms with Gasteiger partial charge in [0.2, 0.25) is 5.91 Å². The first-order valence-electron chi connectivity index (χ1n) is 19.3. The number of benzene rings is 6. The molecule has 1 unspecified atom stereocenters. The van der Waals surface area contributed by atoms with Crippen LogP contribution in [0.3, 0.4) is 0 Å². The first-order valence-corrected chi connectivity index (χ1v) is 20.1. The molecule has 10 nitrogen and oxygen atoms in total. The summed E-state index contributed by atoms with van der Waals surface area (Å²) in [5.41, 5.74) is 6.32. The number of nitrogens with one attached hydrogen (secondary N) is 1. The molecule has 2 N–H and O–H groups in total. The van der Waals surface area contributed by atoms with Crippen LogP contribution in [0.2, 0.25) is 10.0 Å². The topological polar surface area (TPSA) is 138 Å². The van der Waals surface area contributed by atoms with E-state index in [0.29, 0.717) is 50.6 Å². The normalized spacial score (nSPS) is 15.8. The number of carbonyl (C=O) groups excluding carboxylic acids is 2. The molecule has 6 aromatic rings. The Morgan fingerprint density at radius 1 is 0.836 bits per heavy atom. The zero-order chi connectivity index (χ0) is 42.6. The van der Waals surface area contributed by atoms with Gasteiger partial charge in [0.1, 0.15) is 36.9 Å². The lowest BCUT2D eigenvalue weighted by Gasteiger charge is -2.37. The molecule has 13 heteroatoms. The van der Waals surface area contributed by atoms with Gasteiger partial charge in [0.15, 0.2) is 17.6 Å². The fraction of sp³-hybridized carbons (Fsp3) is 0.167. The number of rotatable bonds is 11. The number of carbonyl (C=O) groups is 3. The molecule has 0 bridgehead atoms. The van der Waals surface area contributed by atoms with Gasteiger partial charge < -0.3 is 29.5 Å². The van der Waals surface area contributed by atoms with Crippen molar-refractivity contribution in [2.24, 2.45) is 0 Å². The number of hydrogen-bond acceptors (Lipinski definition) is 7. The molecule has 0 fully saturated rings. The van der Waals surface area contributed by atoms with Crippen molar-refractivity contribution in [3.8, 4) is 34.4 Å². The van der Waals surface area contributed by atoms with Crippen molar-refractivity contribution >= 4 is 41.0 Å². The van der Waals surface area contributed by atoms with E-state index in [9.17, 15) is 23.9 Å². The number of amides is 2. The molecule has 61 heavy (non-hydrogen) atoms. The second-order valence-corrected chi connectivity index (χ2v) is 15.6. The minimum absolute atomic E-state index is 0.00957. The second-order valence-electron chi connectivity index (χ2n) is 14.7. The van der Waals surface area contributed by atoms with Gasteiger partial charge in [0.25, 0.3) is 5.91 Å². The van der Waals surface area contributed by atoms with Crippen molar-refractivity contribution in [2.75, 3.05) is 6.61 Å². The number of ether oxygens (including phenoxy) is 3. The van der Waals surface area contributed by atoms with Gasteiger partial charge in [-0.15, -0.1) is 0 Å². The van der Waals surface area contributed by atoms with E-state index >= 15 is 0 Å². The van der Waals surface area contributed by atoms with Crippen LogP contribution in [0.1, 0.15) is 49.8 Å².